The Morgan fingerprint density at radius 2 is 2.06 bits per heavy atom. The summed E-state index contributed by atoms with van der Waals surface area (Å²) >= 11 is 0. The number of aromatic hydroxyl groups is 1. The van der Waals surface area contributed by atoms with E-state index < -0.39 is 0 Å². The Morgan fingerprint density at radius 3 is 2.75 bits per heavy atom. The van der Waals surface area contributed by atoms with Crippen molar-refractivity contribution in [2.75, 3.05) is 0 Å². The number of aromatic nitrogens is 4. The topological polar surface area (TPSA) is 58.8 Å². The van der Waals surface area contributed by atoms with Crippen LogP contribution in [-0.4, -0.2) is 24.4 Å². The molecule has 0 amide bonds. The van der Waals surface area contributed by atoms with Gasteiger partial charge in [0.15, 0.2) is 0 Å². The van der Waals surface area contributed by atoms with Gasteiger partial charge in [0.25, 0.3) is 0 Å². The Kier molecular flexibility index (Phi) is 1.83. The Bertz CT molecular complexity index is 578. The lowest BCUT2D eigenvalue weighted by Crippen LogP contribution is -2.03. The van der Waals surface area contributed by atoms with Crippen LogP contribution in [0.25, 0.3) is 11.4 Å². The van der Waals surface area contributed by atoms with Gasteiger partial charge in [0.1, 0.15) is 5.82 Å². The summed E-state index contributed by atoms with van der Waals surface area (Å²) in [4.78, 5) is 7.13. The highest BCUT2D eigenvalue weighted by atomic mass is 16.3. The molecule has 0 aliphatic carbocycles. The minimum atomic E-state index is 0.169. The maximum Gasteiger partial charge on any atom is 0.211 e. The summed E-state index contributed by atoms with van der Waals surface area (Å²) in [5, 5.41) is 9.80. The highest BCUT2D eigenvalue weighted by Gasteiger charge is 2.08. The third-order valence-electron chi connectivity index (χ3n) is 2.39. The largest absolute Gasteiger partial charge is 0.493 e. The molecule has 3 rings (SSSR count). The molecule has 0 radical (unpaired) electrons. The monoisotopic (exact) mass is 214 g/mol. The van der Waals surface area contributed by atoms with Crippen molar-refractivity contribution in [3.05, 3.63) is 49.2 Å². The second-order valence-electron chi connectivity index (χ2n) is 3.43. The first-order chi connectivity index (χ1) is 7.84. The van der Waals surface area contributed by atoms with E-state index in [0.717, 1.165) is 11.4 Å². The number of imidazole rings is 1. The zero-order valence-electron chi connectivity index (χ0n) is 8.41. The van der Waals surface area contributed by atoms with Crippen LogP contribution in [0.15, 0.2) is 49.2 Å². The summed E-state index contributed by atoms with van der Waals surface area (Å²) in [6.45, 7) is 0. The van der Waals surface area contributed by atoms with Crippen molar-refractivity contribution < 1.29 is 5.11 Å². The molecule has 0 spiro atoms. The fourth-order valence-electron chi connectivity index (χ4n) is 1.65. The normalized spacial score (nSPS) is 10.8. The van der Waals surface area contributed by atoms with Crippen molar-refractivity contribution >= 4 is 0 Å². The first kappa shape index (κ1) is 8.84. The van der Waals surface area contributed by atoms with E-state index in [1.807, 2.05) is 30.7 Å². The van der Waals surface area contributed by atoms with Gasteiger partial charge in [-0.15, -0.1) is 0 Å². The number of hydrogen-bond acceptors (Lipinski definition) is 2. The van der Waals surface area contributed by atoms with Crippen molar-refractivity contribution in [1.82, 2.24) is 19.3 Å². The van der Waals surface area contributed by atoms with Crippen LogP contribution < -0.4 is 0 Å². The first-order valence-corrected chi connectivity index (χ1v) is 4.89. The summed E-state index contributed by atoms with van der Waals surface area (Å²) in [5.41, 5.74) is 0.844. The number of nitrogens with zero attached hydrogens (tertiary/aromatic N) is 3. The molecule has 0 fully saturated rings. The van der Waals surface area contributed by atoms with Crippen molar-refractivity contribution in [3.8, 4) is 17.3 Å². The Morgan fingerprint density at radius 1 is 1.25 bits per heavy atom. The van der Waals surface area contributed by atoms with Crippen LogP contribution in [0.3, 0.4) is 0 Å². The van der Waals surface area contributed by atoms with E-state index in [0.29, 0.717) is 0 Å². The molecule has 3 aromatic rings. The highest BCUT2D eigenvalue weighted by Crippen LogP contribution is 2.22. The maximum atomic E-state index is 9.80. The van der Waals surface area contributed by atoms with Gasteiger partial charge in [-0.2, -0.15) is 0 Å². The number of rotatable bonds is 2. The fourth-order valence-corrected chi connectivity index (χ4v) is 1.65. The van der Waals surface area contributed by atoms with E-state index in [1.165, 1.54) is 0 Å². The number of hydrogen-bond donors (Lipinski definition) is 2. The predicted molar refractivity (Wildman–Crippen MR) is 58.9 cm³/mol. The zero-order valence-corrected chi connectivity index (χ0v) is 8.41. The standard InChI is InChI=1S/C11H10N4O/c16-10-7-9(11-12-3-4-13-11)8-15(10)14-5-1-2-6-14/h1-8,16H,(H,12,13). The minimum Gasteiger partial charge on any atom is -0.493 e. The molecule has 0 bridgehead atoms. The molecule has 3 aromatic heterocycles. The molecule has 0 atom stereocenters. The lowest BCUT2D eigenvalue weighted by Gasteiger charge is -2.04. The van der Waals surface area contributed by atoms with Gasteiger partial charge in [-0.3, -0.25) is 4.68 Å². The Labute approximate surface area is 91.6 Å². The Balaban J connectivity index is 2.09. The Hall–Kier alpha value is -2.43. The third-order valence-corrected chi connectivity index (χ3v) is 2.39. The summed E-state index contributed by atoms with van der Waals surface area (Å²) in [7, 11) is 0. The van der Waals surface area contributed by atoms with Gasteiger partial charge in [-0.1, -0.05) is 0 Å². The molecule has 3 heterocycles. The third kappa shape index (κ3) is 1.30. The lowest BCUT2D eigenvalue weighted by atomic mass is 10.3. The van der Waals surface area contributed by atoms with Gasteiger partial charge >= 0.3 is 0 Å². The van der Waals surface area contributed by atoms with Crippen molar-refractivity contribution in [3.63, 3.8) is 0 Å². The molecule has 16 heavy (non-hydrogen) atoms. The van der Waals surface area contributed by atoms with E-state index in [1.54, 1.807) is 27.8 Å². The van der Waals surface area contributed by atoms with Crippen LogP contribution in [0.5, 0.6) is 5.88 Å². The fraction of sp³-hybridized carbons (Fsp3) is 0. The van der Waals surface area contributed by atoms with Crippen molar-refractivity contribution in [2.24, 2.45) is 0 Å². The summed E-state index contributed by atoms with van der Waals surface area (Å²) in [5.74, 6) is 0.906. The zero-order chi connectivity index (χ0) is 11.0. The van der Waals surface area contributed by atoms with Gasteiger partial charge in [0.2, 0.25) is 5.88 Å². The molecule has 5 heteroatoms. The van der Waals surface area contributed by atoms with Gasteiger partial charge in [0.05, 0.1) is 0 Å². The smallest absolute Gasteiger partial charge is 0.211 e. The van der Waals surface area contributed by atoms with Crippen LogP contribution in [-0.2, 0) is 0 Å². The highest BCUT2D eigenvalue weighted by molar-refractivity contribution is 5.56. The summed E-state index contributed by atoms with van der Waals surface area (Å²) in [6.07, 6.45) is 8.95. The van der Waals surface area contributed by atoms with Crippen LogP contribution in [0.1, 0.15) is 0 Å². The molecule has 5 nitrogen and oxygen atoms in total. The molecule has 0 aromatic carbocycles. The quantitative estimate of drug-likeness (QED) is 0.682. The lowest BCUT2D eigenvalue weighted by molar-refractivity contribution is 0.407. The van der Waals surface area contributed by atoms with E-state index >= 15 is 0 Å². The molecule has 0 saturated carbocycles. The molecule has 0 saturated heterocycles. The first-order valence-electron chi connectivity index (χ1n) is 4.89. The van der Waals surface area contributed by atoms with Crippen molar-refractivity contribution in [1.29, 1.82) is 0 Å². The van der Waals surface area contributed by atoms with E-state index in [2.05, 4.69) is 9.97 Å². The van der Waals surface area contributed by atoms with Crippen LogP contribution >= 0.6 is 0 Å². The maximum absolute atomic E-state index is 9.80. The van der Waals surface area contributed by atoms with Crippen LogP contribution in [0.4, 0.5) is 0 Å². The molecule has 80 valence electrons. The summed E-state index contributed by atoms with van der Waals surface area (Å²) < 4.78 is 3.42. The second kappa shape index (κ2) is 3.30. The number of nitrogens with one attached hydrogen (secondary N) is 1. The predicted octanol–water partition coefficient (Wildman–Crippen LogP) is 1.70. The number of aromatic amines is 1. The molecule has 0 aliphatic rings. The van der Waals surface area contributed by atoms with E-state index in [-0.39, 0.29) is 5.88 Å². The number of H-pyrrole nitrogens is 1. The molecular weight excluding hydrogens is 204 g/mol. The van der Waals surface area contributed by atoms with Gasteiger partial charge in [0, 0.05) is 42.6 Å². The molecular formula is C11H10N4O. The second-order valence-corrected chi connectivity index (χ2v) is 3.43. The summed E-state index contributed by atoms with van der Waals surface area (Å²) in [6, 6.07) is 5.46. The van der Waals surface area contributed by atoms with Crippen molar-refractivity contribution in [2.45, 2.75) is 0 Å². The molecule has 0 unspecified atom stereocenters. The average molecular weight is 214 g/mol. The molecule has 0 aliphatic heterocycles. The van der Waals surface area contributed by atoms with Crippen LogP contribution in [0.2, 0.25) is 0 Å². The van der Waals surface area contributed by atoms with Gasteiger partial charge in [-0.05, 0) is 12.1 Å². The molecule has 2 N–H and O–H groups in total. The van der Waals surface area contributed by atoms with Crippen LogP contribution in [0, 0.1) is 0 Å². The SMILES string of the molecule is Oc1cc(-c2ncc[nH]2)cn1-n1cccc1. The van der Waals surface area contributed by atoms with Gasteiger partial charge < -0.3 is 10.1 Å². The average Bonchev–Trinajstić information content (AvgIpc) is 2.97. The van der Waals surface area contributed by atoms with E-state index in [9.17, 15) is 5.11 Å². The van der Waals surface area contributed by atoms with E-state index in [4.69, 9.17) is 0 Å². The van der Waals surface area contributed by atoms with Gasteiger partial charge in [-0.25, -0.2) is 9.66 Å². The minimum absolute atomic E-state index is 0.169.